The lowest BCUT2D eigenvalue weighted by molar-refractivity contribution is -0.126. The van der Waals surface area contributed by atoms with Gasteiger partial charge in [-0.25, -0.2) is 16.8 Å². The van der Waals surface area contributed by atoms with Crippen molar-refractivity contribution in [3.63, 3.8) is 0 Å². The molecule has 9 nitrogen and oxygen atoms in total. The third-order valence-electron chi connectivity index (χ3n) is 3.32. The molecule has 2 amide bonds. The molecule has 0 aromatic heterocycles. The number of rotatable bonds is 7. The SMILES string of the molecule is CC(=O)NC(C(=O)Nc1ccc(N(S(C)(=O)=O)S(C)(=O)=O)c(Br)c1)C(C)C. The number of nitrogens with zero attached hydrogens (tertiary/aromatic N) is 1. The summed E-state index contributed by atoms with van der Waals surface area (Å²) in [4.78, 5) is 23.7. The van der Waals surface area contributed by atoms with Gasteiger partial charge in [-0.1, -0.05) is 13.8 Å². The molecule has 1 aromatic carbocycles. The summed E-state index contributed by atoms with van der Waals surface area (Å²) in [6.45, 7) is 4.85. The summed E-state index contributed by atoms with van der Waals surface area (Å²) in [5, 5.41) is 5.17. The topological polar surface area (TPSA) is 130 Å². The number of halogens is 1. The summed E-state index contributed by atoms with van der Waals surface area (Å²) >= 11 is 3.14. The lowest BCUT2D eigenvalue weighted by Gasteiger charge is -2.23. The summed E-state index contributed by atoms with van der Waals surface area (Å²) in [5.41, 5.74) is 0.189. The summed E-state index contributed by atoms with van der Waals surface area (Å²) < 4.78 is 48.0. The van der Waals surface area contributed by atoms with Gasteiger partial charge in [-0.2, -0.15) is 3.71 Å². The first-order chi connectivity index (χ1) is 12.1. The van der Waals surface area contributed by atoms with Crippen molar-refractivity contribution in [2.75, 3.05) is 21.5 Å². The predicted octanol–water partition coefficient (Wildman–Crippen LogP) is 1.27. The predicted molar refractivity (Wildman–Crippen MR) is 107 cm³/mol. The van der Waals surface area contributed by atoms with E-state index >= 15 is 0 Å². The first-order valence-corrected chi connectivity index (χ1v) is 12.2. The van der Waals surface area contributed by atoms with Crippen molar-refractivity contribution < 1.29 is 26.4 Å². The molecule has 0 heterocycles. The molecule has 1 rings (SSSR count). The van der Waals surface area contributed by atoms with Gasteiger partial charge in [-0.15, -0.1) is 0 Å². The highest BCUT2D eigenvalue weighted by Crippen LogP contribution is 2.32. The second kappa shape index (κ2) is 8.57. The minimum absolute atomic E-state index is 0.111. The zero-order valence-corrected chi connectivity index (χ0v) is 18.7. The third kappa shape index (κ3) is 6.47. The van der Waals surface area contributed by atoms with Crippen molar-refractivity contribution in [1.82, 2.24) is 5.32 Å². The van der Waals surface area contributed by atoms with E-state index in [4.69, 9.17) is 0 Å². The number of carbonyl (C=O) groups excluding carboxylic acids is 2. The van der Waals surface area contributed by atoms with Crippen molar-refractivity contribution in [3.05, 3.63) is 22.7 Å². The van der Waals surface area contributed by atoms with Gasteiger partial charge < -0.3 is 10.6 Å². The molecule has 27 heavy (non-hydrogen) atoms. The minimum atomic E-state index is -4.09. The molecule has 0 saturated carbocycles. The molecule has 0 bridgehead atoms. The Balaban J connectivity index is 3.21. The second-order valence-corrected chi connectivity index (χ2v) is 11.0. The molecule has 152 valence electrons. The van der Waals surface area contributed by atoms with Gasteiger partial charge >= 0.3 is 0 Å². The summed E-state index contributed by atoms with van der Waals surface area (Å²) in [6.07, 6.45) is 1.55. The zero-order valence-electron chi connectivity index (χ0n) is 15.5. The van der Waals surface area contributed by atoms with Crippen LogP contribution in [0.5, 0.6) is 0 Å². The number of hydrogen-bond donors (Lipinski definition) is 2. The zero-order chi connectivity index (χ0) is 21.2. The summed E-state index contributed by atoms with van der Waals surface area (Å²) in [5.74, 6) is -0.970. The largest absolute Gasteiger partial charge is 0.344 e. The van der Waals surface area contributed by atoms with Gasteiger partial charge in [-0.3, -0.25) is 9.59 Å². The van der Waals surface area contributed by atoms with Gasteiger partial charge in [-0.05, 0) is 40.0 Å². The van der Waals surface area contributed by atoms with Crippen molar-refractivity contribution in [2.45, 2.75) is 26.8 Å². The average Bonchev–Trinajstić information content (AvgIpc) is 2.44. The molecule has 1 aromatic rings. The lowest BCUT2D eigenvalue weighted by atomic mass is 10.0. The van der Waals surface area contributed by atoms with Crippen LogP contribution in [0.4, 0.5) is 11.4 Å². The van der Waals surface area contributed by atoms with E-state index in [9.17, 15) is 26.4 Å². The van der Waals surface area contributed by atoms with Crippen molar-refractivity contribution >= 4 is 59.2 Å². The molecule has 2 N–H and O–H groups in total. The standard InChI is InChI=1S/C15H22BrN3O6S2/c1-9(2)14(17-10(3)20)15(21)18-11-6-7-13(12(16)8-11)19(26(4,22)23)27(5,24)25/h6-9,14H,1-5H3,(H,17,20)(H,18,21). The highest BCUT2D eigenvalue weighted by atomic mass is 79.9. The first kappa shape index (κ1) is 23.4. The number of amides is 2. The van der Waals surface area contributed by atoms with Crippen molar-refractivity contribution in [3.8, 4) is 0 Å². The maximum atomic E-state index is 12.4. The fraction of sp³-hybridized carbons (Fsp3) is 0.467. The fourth-order valence-corrected chi connectivity index (χ4v) is 6.10. The molecule has 12 heteroatoms. The quantitative estimate of drug-likeness (QED) is 0.600. The van der Waals surface area contributed by atoms with E-state index in [1.807, 2.05) is 0 Å². The maximum Gasteiger partial charge on any atom is 0.247 e. The van der Waals surface area contributed by atoms with E-state index in [1.165, 1.54) is 25.1 Å². The van der Waals surface area contributed by atoms with Crippen LogP contribution in [-0.2, 0) is 29.6 Å². The Morgan fingerprint density at radius 2 is 1.59 bits per heavy atom. The Hall–Kier alpha value is -1.66. The van der Waals surface area contributed by atoms with Crippen LogP contribution < -0.4 is 14.3 Å². The van der Waals surface area contributed by atoms with Gasteiger partial charge in [0.05, 0.1) is 18.2 Å². The van der Waals surface area contributed by atoms with Crippen LogP contribution in [0.1, 0.15) is 20.8 Å². The van der Waals surface area contributed by atoms with E-state index in [1.54, 1.807) is 13.8 Å². The Kier molecular flexibility index (Phi) is 7.42. The molecule has 0 fully saturated rings. The van der Waals surface area contributed by atoms with Crippen molar-refractivity contribution in [1.29, 1.82) is 0 Å². The Morgan fingerprint density at radius 1 is 1.07 bits per heavy atom. The molecular formula is C15H22BrN3O6S2. The summed E-state index contributed by atoms with van der Waals surface area (Å²) in [7, 11) is -8.18. The maximum absolute atomic E-state index is 12.4. The van der Waals surface area contributed by atoms with Crippen LogP contribution in [0, 0.1) is 5.92 Å². The number of hydrogen-bond acceptors (Lipinski definition) is 6. The Bertz CT molecular complexity index is 912. The fourth-order valence-electron chi connectivity index (χ4n) is 2.31. The van der Waals surface area contributed by atoms with Crippen LogP contribution in [-0.4, -0.2) is 47.2 Å². The van der Waals surface area contributed by atoms with E-state index in [2.05, 4.69) is 26.6 Å². The van der Waals surface area contributed by atoms with Crippen molar-refractivity contribution in [2.24, 2.45) is 5.92 Å². The first-order valence-electron chi connectivity index (χ1n) is 7.72. The number of anilines is 2. The van der Waals surface area contributed by atoms with Gasteiger partial charge in [0, 0.05) is 17.1 Å². The average molecular weight is 484 g/mol. The Morgan fingerprint density at radius 3 is 1.96 bits per heavy atom. The monoisotopic (exact) mass is 483 g/mol. The van der Waals surface area contributed by atoms with E-state index in [-0.39, 0.29) is 22.0 Å². The summed E-state index contributed by atoms with van der Waals surface area (Å²) in [6, 6.07) is 3.24. The third-order valence-corrected chi connectivity index (χ3v) is 7.18. The van der Waals surface area contributed by atoms with E-state index in [0.717, 1.165) is 12.5 Å². The van der Waals surface area contributed by atoms with Crippen LogP contribution in [0.15, 0.2) is 22.7 Å². The van der Waals surface area contributed by atoms with Crippen LogP contribution in [0.25, 0.3) is 0 Å². The molecule has 0 aliphatic heterocycles. The van der Waals surface area contributed by atoms with Gasteiger partial charge in [0.25, 0.3) is 0 Å². The molecule has 0 saturated heterocycles. The number of nitrogens with one attached hydrogen (secondary N) is 2. The second-order valence-electron chi connectivity index (χ2n) is 6.30. The van der Waals surface area contributed by atoms with Crippen LogP contribution in [0.3, 0.4) is 0 Å². The normalized spacial score (nSPS) is 13.1. The highest BCUT2D eigenvalue weighted by Gasteiger charge is 2.29. The highest BCUT2D eigenvalue weighted by molar-refractivity contribution is 9.10. The van der Waals surface area contributed by atoms with Gasteiger partial charge in [0.1, 0.15) is 6.04 Å². The van der Waals surface area contributed by atoms with Crippen LogP contribution in [0.2, 0.25) is 0 Å². The smallest absolute Gasteiger partial charge is 0.247 e. The minimum Gasteiger partial charge on any atom is -0.344 e. The molecule has 0 spiro atoms. The molecule has 0 aliphatic rings. The number of sulfonamides is 2. The van der Waals surface area contributed by atoms with Gasteiger partial charge in [0.15, 0.2) is 0 Å². The molecule has 0 aliphatic carbocycles. The number of benzene rings is 1. The van der Waals surface area contributed by atoms with Gasteiger partial charge in [0.2, 0.25) is 31.9 Å². The van der Waals surface area contributed by atoms with E-state index < -0.39 is 32.0 Å². The molecule has 1 atom stereocenters. The number of carbonyl (C=O) groups is 2. The molecule has 0 radical (unpaired) electrons. The molecule has 1 unspecified atom stereocenters. The molecular weight excluding hydrogens is 462 g/mol. The van der Waals surface area contributed by atoms with Crippen LogP contribution >= 0.6 is 15.9 Å². The Labute approximate surface area is 167 Å². The van der Waals surface area contributed by atoms with E-state index in [0.29, 0.717) is 9.40 Å². The lowest BCUT2D eigenvalue weighted by Crippen LogP contribution is -2.46.